The van der Waals surface area contributed by atoms with Crippen LogP contribution < -0.4 is 15.4 Å². The maximum absolute atomic E-state index is 5.59. The van der Waals surface area contributed by atoms with E-state index >= 15 is 0 Å². The first-order chi connectivity index (χ1) is 14.6. The van der Waals surface area contributed by atoms with Gasteiger partial charge in [0.25, 0.3) is 0 Å². The van der Waals surface area contributed by atoms with E-state index in [1.54, 1.807) is 7.11 Å². The third-order valence-corrected chi connectivity index (χ3v) is 7.31. The van der Waals surface area contributed by atoms with Crippen molar-refractivity contribution in [3.8, 4) is 5.75 Å². The summed E-state index contributed by atoms with van der Waals surface area (Å²) in [5.41, 5.74) is 3.04. The number of likely N-dealkylation sites (tertiary alicyclic amines) is 1. The van der Waals surface area contributed by atoms with Gasteiger partial charge in [-0.25, -0.2) is 0 Å². The van der Waals surface area contributed by atoms with Gasteiger partial charge in [0, 0.05) is 18.6 Å². The van der Waals surface area contributed by atoms with Crippen molar-refractivity contribution in [3.63, 3.8) is 0 Å². The van der Waals surface area contributed by atoms with Crippen molar-refractivity contribution < 1.29 is 4.74 Å². The number of hydrogen-bond acceptors (Lipinski definition) is 3. The van der Waals surface area contributed by atoms with Crippen molar-refractivity contribution in [1.82, 2.24) is 15.5 Å². The first-order valence-corrected chi connectivity index (χ1v) is 11.4. The van der Waals surface area contributed by atoms with Crippen LogP contribution >= 0.6 is 12.2 Å². The van der Waals surface area contributed by atoms with Gasteiger partial charge < -0.3 is 20.3 Å². The Labute approximate surface area is 186 Å². The molecule has 0 amide bonds. The molecule has 1 aliphatic heterocycles. The summed E-state index contributed by atoms with van der Waals surface area (Å²) in [6.45, 7) is 1.95. The average molecular weight is 424 g/mol. The van der Waals surface area contributed by atoms with Crippen molar-refractivity contribution in [2.45, 2.75) is 50.7 Å². The van der Waals surface area contributed by atoms with Gasteiger partial charge in [0.15, 0.2) is 5.11 Å². The number of rotatable bonds is 6. The number of thiocarbonyl (C=S) groups is 1. The number of benzene rings is 2. The van der Waals surface area contributed by atoms with Crippen LogP contribution in [0, 0.1) is 5.41 Å². The molecule has 2 aromatic carbocycles. The minimum atomic E-state index is 0.376. The molecule has 3 atom stereocenters. The Bertz CT molecular complexity index is 841. The normalized spacial score (nSPS) is 26.1. The van der Waals surface area contributed by atoms with Crippen LogP contribution in [0.4, 0.5) is 0 Å². The predicted octanol–water partition coefficient (Wildman–Crippen LogP) is 4.15. The molecule has 0 radical (unpaired) electrons. The van der Waals surface area contributed by atoms with Gasteiger partial charge in [-0.1, -0.05) is 42.5 Å². The lowest BCUT2D eigenvalue weighted by molar-refractivity contribution is 0.0997. The molecular formula is C25H33N3OS. The Morgan fingerprint density at radius 2 is 1.87 bits per heavy atom. The molecule has 1 saturated carbocycles. The standard InChI is InChI=1S/C25H33N3OS/c1-28-15-14-25(17-19-8-10-22(29-2)11-9-19)13-12-21(16-23(25)28)27-24(30)26-18-20-6-4-3-5-7-20/h3-11,21,23H,12-18H2,1-2H3,(H2,26,27,30)/t21-,23+,25+/m1/s1. The second-order valence-corrected chi connectivity index (χ2v) is 9.33. The van der Waals surface area contributed by atoms with Crippen LogP contribution in [0.25, 0.3) is 0 Å². The molecule has 4 nitrogen and oxygen atoms in total. The first kappa shape index (κ1) is 21.1. The summed E-state index contributed by atoms with van der Waals surface area (Å²) in [5, 5.41) is 7.74. The van der Waals surface area contributed by atoms with E-state index in [9.17, 15) is 0 Å². The van der Waals surface area contributed by atoms with E-state index in [1.165, 1.54) is 36.9 Å². The fourth-order valence-corrected chi connectivity index (χ4v) is 5.59. The predicted molar refractivity (Wildman–Crippen MR) is 127 cm³/mol. The van der Waals surface area contributed by atoms with E-state index in [2.05, 4.69) is 71.1 Å². The molecule has 2 N–H and O–H groups in total. The number of methoxy groups -OCH3 is 1. The van der Waals surface area contributed by atoms with Gasteiger partial charge in [-0.05, 0) is 86.6 Å². The molecule has 2 aromatic rings. The zero-order valence-corrected chi connectivity index (χ0v) is 18.9. The fraction of sp³-hybridized carbons (Fsp3) is 0.480. The molecule has 1 heterocycles. The van der Waals surface area contributed by atoms with E-state index in [-0.39, 0.29) is 0 Å². The second kappa shape index (κ2) is 9.36. The number of nitrogens with zero attached hydrogens (tertiary/aromatic N) is 1. The molecule has 0 unspecified atom stereocenters. The van der Waals surface area contributed by atoms with Crippen molar-refractivity contribution in [2.24, 2.45) is 5.41 Å². The van der Waals surface area contributed by atoms with Gasteiger partial charge in [0.05, 0.1) is 7.11 Å². The van der Waals surface area contributed by atoms with Crippen LogP contribution in [0.1, 0.15) is 36.8 Å². The minimum absolute atomic E-state index is 0.376. The van der Waals surface area contributed by atoms with Crippen LogP contribution in [-0.2, 0) is 13.0 Å². The van der Waals surface area contributed by atoms with Crippen molar-refractivity contribution >= 4 is 17.3 Å². The molecular weight excluding hydrogens is 390 g/mol. The van der Waals surface area contributed by atoms with Crippen molar-refractivity contribution in [2.75, 3.05) is 20.7 Å². The molecule has 0 aromatic heterocycles. The van der Waals surface area contributed by atoms with Gasteiger partial charge in [-0.3, -0.25) is 0 Å². The SMILES string of the molecule is COc1ccc(C[C@@]23CC[C@@H](NC(=S)NCc4ccccc4)C[C@@H]2N(C)CC3)cc1. The zero-order chi connectivity index (χ0) is 21.0. The topological polar surface area (TPSA) is 36.5 Å². The van der Waals surface area contributed by atoms with Gasteiger partial charge in [0.2, 0.25) is 0 Å². The van der Waals surface area contributed by atoms with Crippen LogP contribution in [0.2, 0.25) is 0 Å². The highest BCUT2D eigenvalue weighted by Crippen LogP contribution is 2.48. The summed E-state index contributed by atoms with van der Waals surface area (Å²) in [4.78, 5) is 2.57. The highest BCUT2D eigenvalue weighted by Gasteiger charge is 2.49. The van der Waals surface area contributed by atoms with E-state index in [4.69, 9.17) is 17.0 Å². The number of hydrogen-bond donors (Lipinski definition) is 2. The van der Waals surface area contributed by atoms with Gasteiger partial charge in [-0.15, -0.1) is 0 Å². The number of nitrogens with one attached hydrogen (secondary N) is 2. The number of ether oxygens (including phenoxy) is 1. The minimum Gasteiger partial charge on any atom is -0.497 e. The van der Waals surface area contributed by atoms with Gasteiger partial charge in [0.1, 0.15) is 5.75 Å². The van der Waals surface area contributed by atoms with Crippen LogP contribution in [0.15, 0.2) is 54.6 Å². The molecule has 0 spiro atoms. The Morgan fingerprint density at radius 3 is 2.60 bits per heavy atom. The summed E-state index contributed by atoms with van der Waals surface area (Å²) in [6, 6.07) is 20.1. The maximum atomic E-state index is 5.59. The molecule has 4 rings (SSSR count). The molecule has 30 heavy (non-hydrogen) atoms. The fourth-order valence-electron chi connectivity index (χ4n) is 5.35. The Kier molecular flexibility index (Phi) is 6.59. The van der Waals surface area contributed by atoms with Crippen molar-refractivity contribution in [3.05, 3.63) is 65.7 Å². The summed E-state index contributed by atoms with van der Waals surface area (Å²) in [6.07, 6.45) is 6.00. The highest BCUT2D eigenvalue weighted by molar-refractivity contribution is 7.80. The molecule has 1 saturated heterocycles. The zero-order valence-electron chi connectivity index (χ0n) is 18.1. The smallest absolute Gasteiger partial charge is 0.166 e. The Morgan fingerprint density at radius 1 is 1.10 bits per heavy atom. The third-order valence-electron chi connectivity index (χ3n) is 7.05. The molecule has 2 aliphatic rings. The largest absolute Gasteiger partial charge is 0.497 e. The van der Waals surface area contributed by atoms with E-state index in [1.807, 2.05) is 6.07 Å². The number of fused-ring (bicyclic) bond motifs is 1. The summed E-state index contributed by atoms with van der Waals surface area (Å²) in [5.74, 6) is 0.931. The summed E-state index contributed by atoms with van der Waals surface area (Å²) >= 11 is 5.59. The lowest BCUT2D eigenvalue weighted by Crippen LogP contribution is -2.52. The lowest BCUT2D eigenvalue weighted by Gasteiger charge is -2.45. The Hall–Kier alpha value is -2.11. The maximum Gasteiger partial charge on any atom is 0.166 e. The molecule has 1 aliphatic carbocycles. The quantitative estimate of drug-likeness (QED) is 0.683. The van der Waals surface area contributed by atoms with Gasteiger partial charge in [-0.2, -0.15) is 0 Å². The molecule has 2 fully saturated rings. The van der Waals surface area contributed by atoms with E-state index in [0.29, 0.717) is 17.5 Å². The van der Waals surface area contributed by atoms with Crippen LogP contribution in [0.5, 0.6) is 5.75 Å². The van der Waals surface area contributed by atoms with Crippen molar-refractivity contribution in [1.29, 1.82) is 0 Å². The molecule has 160 valence electrons. The summed E-state index contributed by atoms with van der Waals surface area (Å²) in [7, 11) is 4.01. The van der Waals surface area contributed by atoms with E-state index < -0.39 is 0 Å². The van der Waals surface area contributed by atoms with Gasteiger partial charge >= 0.3 is 0 Å². The monoisotopic (exact) mass is 423 g/mol. The van der Waals surface area contributed by atoms with Crippen LogP contribution in [-0.4, -0.2) is 42.8 Å². The lowest BCUT2D eigenvalue weighted by atomic mass is 9.66. The second-order valence-electron chi connectivity index (χ2n) is 8.92. The van der Waals surface area contributed by atoms with Crippen LogP contribution in [0.3, 0.4) is 0 Å². The molecule has 0 bridgehead atoms. The highest BCUT2D eigenvalue weighted by atomic mass is 32.1. The average Bonchev–Trinajstić information content (AvgIpc) is 3.09. The van der Waals surface area contributed by atoms with E-state index in [0.717, 1.165) is 30.2 Å². The summed E-state index contributed by atoms with van der Waals surface area (Å²) < 4.78 is 5.33. The third kappa shape index (κ3) is 4.79. The molecule has 5 heteroatoms. The first-order valence-electron chi connectivity index (χ1n) is 11.0. The Balaban J connectivity index is 1.35.